The Morgan fingerprint density at radius 3 is 2.59 bits per heavy atom. The molecule has 1 heterocycles. The summed E-state index contributed by atoms with van der Waals surface area (Å²) >= 11 is 0. The first kappa shape index (κ1) is 18.0. The van der Waals surface area contributed by atoms with Crippen LogP contribution in [0.15, 0.2) is 54.7 Å². The van der Waals surface area contributed by atoms with Gasteiger partial charge in [0, 0.05) is 42.7 Å². The van der Waals surface area contributed by atoms with Crippen molar-refractivity contribution in [3.8, 4) is 5.75 Å². The molecule has 27 heavy (non-hydrogen) atoms. The van der Waals surface area contributed by atoms with Gasteiger partial charge in [0.05, 0.1) is 19.3 Å². The Morgan fingerprint density at radius 2 is 1.85 bits per heavy atom. The van der Waals surface area contributed by atoms with Crippen molar-refractivity contribution in [3.05, 3.63) is 65.9 Å². The van der Waals surface area contributed by atoms with E-state index in [4.69, 9.17) is 4.74 Å². The van der Waals surface area contributed by atoms with Crippen LogP contribution >= 0.6 is 0 Å². The lowest BCUT2D eigenvalue weighted by atomic mass is 9.93. The first-order chi connectivity index (χ1) is 13.1. The molecule has 0 radical (unpaired) electrons. The lowest BCUT2D eigenvalue weighted by Crippen LogP contribution is -2.41. The third kappa shape index (κ3) is 3.34. The number of nitrogens with zero attached hydrogens (tertiary/aromatic N) is 1. The van der Waals surface area contributed by atoms with Crippen LogP contribution in [0.1, 0.15) is 23.5 Å². The van der Waals surface area contributed by atoms with Crippen molar-refractivity contribution >= 4 is 10.9 Å². The fourth-order valence-corrected chi connectivity index (χ4v) is 4.28. The molecule has 4 atom stereocenters. The van der Waals surface area contributed by atoms with Crippen LogP contribution in [0.3, 0.4) is 0 Å². The summed E-state index contributed by atoms with van der Waals surface area (Å²) in [5.41, 5.74) is 3.48. The highest BCUT2D eigenvalue weighted by Crippen LogP contribution is 2.36. The first-order valence-electron chi connectivity index (χ1n) is 9.35. The van der Waals surface area contributed by atoms with Crippen LogP contribution in [-0.4, -0.2) is 40.1 Å². The van der Waals surface area contributed by atoms with E-state index in [1.165, 1.54) is 16.5 Å². The van der Waals surface area contributed by atoms with Crippen LogP contribution in [0.4, 0.5) is 0 Å². The molecule has 5 heteroatoms. The first-order valence-corrected chi connectivity index (χ1v) is 9.35. The van der Waals surface area contributed by atoms with Gasteiger partial charge in [-0.3, -0.25) is 0 Å². The summed E-state index contributed by atoms with van der Waals surface area (Å²) in [5.74, 6) is 0.856. The maximum absolute atomic E-state index is 10.5. The minimum atomic E-state index is -0.785. The number of para-hydroxylation sites is 1. The maximum atomic E-state index is 10.5. The van der Waals surface area contributed by atoms with E-state index in [0.717, 1.165) is 11.3 Å². The number of aliphatic hydroxyl groups excluding tert-OH is 2. The molecule has 3 N–H and O–H groups in total. The second kappa shape index (κ2) is 7.35. The van der Waals surface area contributed by atoms with Gasteiger partial charge >= 0.3 is 0 Å². The number of aromatic nitrogens is 1. The molecule has 0 unspecified atom stereocenters. The van der Waals surface area contributed by atoms with E-state index in [1.807, 2.05) is 43.4 Å². The van der Waals surface area contributed by atoms with E-state index in [1.54, 1.807) is 7.11 Å². The SMILES string of the molecule is COc1ccc([C@H]2C[C@@H](O)[C@@H](O)[C@@H]2NCc2cn(C)c3ccccc23)cc1. The summed E-state index contributed by atoms with van der Waals surface area (Å²) in [4.78, 5) is 0. The predicted molar refractivity (Wildman–Crippen MR) is 106 cm³/mol. The van der Waals surface area contributed by atoms with Gasteiger partial charge in [-0.2, -0.15) is 0 Å². The molecule has 1 aromatic heterocycles. The summed E-state index contributed by atoms with van der Waals surface area (Å²) in [5, 5.41) is 25.5. The summed E-state index contributed by atoms with van der Waals surface area (Å²) in [6.07, 6.45) is 1.16. The molecular weight excluding hydrogens is 340 g/mol. The van der Waals surface area contributed by atoms with Gasteiger partial charge in [0.1, 0.15) is 5.75 Å². The molecular formula is C22H26N2O3. The smallest absolute Gasteiger partial charge is 0.118 e. The molecule has 4 rings (SSSR count). The molecule has 2 aromatic carbocycles. The summed E-state index contributed by atoms with van der Waals surface area (Å²) in [6, 6.07) is 16.0. The normalized spacial score (nSPS) is 25.2. The number of methoxy groups -OCH3 is 1. The third-order valence-corrected chi connectivity index (χ3v) is 5.74. The molecule has 1 aliphatic carbocycles. The van der Waals surface area contributed by atoms with E-state index in [0.29, 0.717) is 13.0 Å². The predicted octanol–water partition coefficient (Wildman–Crippen LogP) is 2.55. The number of ether oxygens (including phenoxy) is 1. The van der Waals surface area contributed by atoms with Crippen molar-refractivity contribution < 1.29 is 14.9 Å². The van der Waals surface area contributed by atoms with Crippen LogP contribution in [-0.2, 0) is 13.6 Å². The van der Waals surface area contributed by atoms with Crippen molar-refractivity contribution in [2.75, 3.05) is 7.11 Å². The maximum Gasteiger partial charge on any atom is 0.118 e. The molecule has 0 bridgehead atoms. The molecule has 0 saturated heterocycles. The third-order valence-electron chi connectivity index (χ3n) is 5.74. The number of benzene rings is 2. The Labute approximate surface area is 159 Å². The van der Waals surface area contributed by atoms with Crippen LogP contribution in [0.2, 0.25) is 0 Å². The van der Waals surface area contributed by atoms with Gasteiger partial charge in [-0.05, 0) is 35.7 Å². The van der Waals surface area contributed by atoms with Gasteiger partial charge in [-0.1, -0.05) is 30.3 Å². The van der Waals surface area contributed by atoms with Crippen molar-refractivity contribution in [3.63, 3.8) is 0 Å². The zero-order valence-corrected chi connectivity index (χ0v) is 15.7. The Balaban J connectivity index is 1.56. The van der Waals surface area contributed by atoms with Crippen molar-refractivity contribution in [2.24, 2.45) is 7.05 Å². The van der Waals surface area contributed by atoms with Crippen LogP contribution in [0, 0.1) is 0 Å². The van der Waals surface area contributed by atoms with E-state index in [-0.39, 0.29) is 12.0 Å². The van der Waals surface area contributed by atoms with Crippen molar-refractivity contribution in [1.29, 1.82) is 0 Å². The van der Waals surface area contributed by atoms with Crippen LogP contribution in [0.5, 0.6) is 5.75 Å². The Kier molecular flexibility index (Phi) is 4.91. The molecule has 0 spiro atoms. The van der Waals surface area contributed by atoms with Crippen LogP contribution < -0.4 is 10.1 Å². The minimum Gasteiger partial charge on any atom is -0.497 e. The highest BCUT2D eigenvalue weighted by Gasteiger charge is 2.42. The molecule has 0 amide bonds. The molecule has 0 aliphatic heterocycles. The topological polar surface area (TPSA) is 66.7 Å². The fraction of sp³-hybridized carbons (Fsp3) is 0.364. The summed E-state index contributed by atoms with van der Waals surface area (Å²) in [7, 11) is 3.69. The minimum absolute atomic E-state index is 0.0517. The zero-order chi connectivity index (χ0) is 19.0. The van der Waals surface area contributed by atoms with E-state index < -0.39 is 12.2 Å². The van der Waals surface area contributed by atoms with Gasteiger partial charge < -0.3 is 24.8 Å². The Bertz CT molecular complexity index is 919. The summed E-state index contributed by atoms with van der Waals surface area (Å²) in [6.45, 7) is 0.641. The fourth-order valence-electron chi connectivity index (χ4n) is 4.28. The quantitative estimate of drug-likeness (QED) is 0.649. The number of aryl methyl sites for hydroxylation is 1. The molecule has 1 aliphatic rings. The number of aliphatic hydroxyl groups is 2. The van der Waals surface area contributed by atoms with Crippen molar-refractivity contribution in [2.45, 2.75) is 37.1 Å². The van der Waals surface area contributed by atoms with E-state index >= 15 is 0 Å². The monoisotopic (exact) mass is 366 g/mol. The average molecular weight is 366 g/mol. The second-order valence-corrected chi connectivity index (χ2v) is 7.36. The highest BCUT2D eigenvalue weighted by atomic mass is 16.5. The largest absolute Gasteiger partial charge is 0.497 e. The van der Waals surface area contributed by atoms with Gasteiger partial charge in [-0.15, -0.1) is 0 Å². The highest BCUT2D eigenvalue weighted by molar-refractivity contribution is 5.83. The van der Waals surface area contributed by atoms with Crippen molar-refractivity contribution in [1.82, 2.24) is 9.88 Å². The lowest BCUT2D eigenvalue weighted by Gasteiger charge is -2.24. The number of hydrogen-bond acceptors (Lipinski definition) is 4. The summed E-state index contributed by atoms with van der Waals surface area (Å²) < 4.78 is 7.35. The van der Waals surface area contributed by atoms with Crippen LogP contribution in [0.25, 0.3) is 10.9 Å². The number of hydrogen-bond donors (Lipinski definition) is 3. The van der Waals surface area contributed by atoms with Gasteiger partial charge in [0.15, 0.2) is 0 Å². The lowest BCUT2D eigenvalue weighted by molar-refractivity contribution is 0.0298. The number of fused-ring (bicyclic) bond motifs is 1. The van der Waals surface area contributed by atoms with E-state index in [2.05, 4.69) is 28.2 Å². The zero-order valence-electron chi connectivity index (χ0n) is 15.7. The average Bonchev–Trinajstić information content (AvgIpc) is 3.17. The molecule has 1 saturated carbocycles. The number of nitrogens with one attached hydrogen (secondary N) is 1. The Hall–Kier alpha value is -2.34. The molecule has 3 aromatic rings. The molecule has 1 fully saturated rings. The molecule has 5 nitrogen and oxygen atoms in total. The Morgan fingerprint density at radius 1 is 1.11 bits per heavy atom. The second-order valence-electron chi connectivity index (χ2n) is 7.36. The molecule has 142 valence electrons. The van der Waals surface area contributed by atoms with E-state index in [9.17, 15) is 10.2 Å². The van der Waals surface area contributed by atoms with Gasteiger partial charge in [-0.25, -0.2) is 0 Å². The van der Waals surface area contributed by atoms with Gasteiger partial charge in [0.25, 0.3) is 0 Å². The number of rotatable bonds is 5. The standard InChI is InChI=1S/C22H26N2O3/c1-24-13-15(17-5-3-4-6-19(17)24)12-23-21-18(11-20(25)22(21)26)14-7-9-16(27-2)10-8-14/h3-10,13,18,20-23,25-26H,11-12H2,1-2H3/t18-,20-,21-,22-/m1/s1. The van der Waals surface area contributed by atoms with Gasteiger partial charge in [0.2, 0.25) is 0 Å².